The molecule has 1 saturated heterocycles. The molecule has 1 amide bonds. The van der Waals surface area contributed by atoms with Crippen LogP contribution in [-0.2, 0) is 9.53 Å². The first kappa shape index (κ1) is 16.2. The van der Waals surface area contributed by atoms with Crippen LogP contribution in [0.3, 0.4) is 0 Å². The van der Waals surface area contributed by atoms with E-state index in [2.05, 4.69) is 16.3 Å². The predicted octanol–water partition coefficient (Wildman–Crippen LogP) is 2.40. The van der Waals surface area contributed by atoms with Crippen LogP contribution >= 0.6 is 11.8 Å². The predicted molar refractivity (Wildman–Crippen MR) is 90.9 cm³/mol. The van der Waals surface area contributed by atoms with Crippen molar-refractivity contribution in [2.45, 2.75) is 50.7 Å². The molecule has 3 aliphatic rings. The largest absolute Gasteiger partial charge is 0.497 e. The molecule has 0 bridgehead atoms. The fraction of sp³-hybridized carbons (Fsp3) is 0.824. The van der Waals surface area contributed by atoms with Crippen molar-refractivity contribution >= 4 is 17.7 Å². The molecule has 5 heteroatoms. The smallest absolute Gasteiger partial charge is 0.225 e. The van der Waals surface area contributed by atoms with Crippen LogP contribution in [0.15, 0.2) is 12.3 Å². The standard InChI is InChI=1S/C17H28N2O2S/c20-17(19-8-11-22-12-9-19)14-4-6-15(7-5-14)18-13-16-3-1-2-10-21-16/h2,10,14-16,18H,1,3-9,11-13H2/t14?,15?,16-/m0/s1. The molecule has 0 aromatic heterocycles. The molecule has 1 N–H and O–H groups in total. The Bertz CT molecular complexity index is 388. The highest BCUT2D eigenvalue weighted by Crippen LogP contribution is 2.27. The Morgan fingerprint density at radius 3 is 2.64 bits per heavy atom. The van der Waals surface area contributed by atoms with Gasteiger partial charge in [-0.05, 0) is 44.6 Å². The van der Waals surface area contributed by atoms with E-state index >= 15 is 0 Å². The Morgan fingerprint density at radius 1 is 1.18 bits per heavy atom. The summed E-state index contributed by atoms with van der Waals surface area (Å²) in [6.07, 6.45) is 10.8. The van der Waals surface area contributed by atoms with Gasteiger partial charge >= 0.3 is 0 Å². The van der Waals surface area contributed by atoms with Gasteiger partial charge in [0.1, 0.15) is 6.10 Å². The molecule has 0 radical (unpaired) electrons. The quantitative estimate of drug-likeness (QED) is 0.862. The maximum absolute atomic E-state index is 12.5. The minimum absolute atomic E-state index is 0.273. The first-order valence-corrected chi connectivity index (χ1v) is 9.89. The number of ether oxygens (including phenoxy) is 1. The summed E-state index contributed by atoms with van der Waals surface area (Å²) in [7, 11) is 0. The Kier molecular flexibility index (Phi) is 6.07. The van der Waals surface area contributed by atoms with E-state index in [1.165, 1.54) is 0 Å². The van der Waals surface area contributed by atoms with Crippen molar-refractivity contribution in [3.63, 3.8) is 0 Å². The number of nitrogens with one attached hydrogen (secondary N) is 1. The van der Waals surface area contributed by atoms with Gasteiger partial charge in [0.25, 0.3) is 0 Å². The number of thioether (sulfide) groups is 1. The van der Waals surface area contributed by atoms with Crippen LogP contribution in [0, 0.1) is 5.92 Å². The van der Waals surface area contributed by atoms with Crippen LogP contribution in [0.1, 0.15) is 38.5 Å². The molecule has 4 nitrogen and oxygen atoms in total. The topological polar surface area (TPSA) is 41.6 Å². The number of amides is 1. The lowest BCUT2D eigenvalue weighted by Crippen LogP contribution is -2.45. The van der Waals surface area contributed by atoms with E-state index < -0.39 is 0 Å². The van der Waals surface area contributed by atoms with Crippen molar-refractivity contribution in [1.82, 2.24) is 10.2 Å². The zero-order valence-corrected chi connectivity index (χ0v) is 14.2. The Morgan fingerprint density at radius 2 is 1.95 bits per heavy atom. The van der Waals surface area contributed by atoms with Crippen LogP contribution < -0.4 is 5.32 Å². The van der Waals surface area contributed by atoms with E-state index in [-0.39, 0.29) is 5.92 Å². The maximum Gasteiger partial charge on any atom is 0.225 e. The molecule has 2 heterocycles. The molecule has 1 saturated carbocycles. The molecule has 0 aromatic carbocycles. The van der Waals surface area contributed by atoms with Crippen LogP contribution in [0.4, 0.5) is 0 Å². The molecule has 3 rings (SSSR count). The van der Waals surface area contributed by atoms with Crippen molar-refractivity contribution in [2.75, 3.05) is 31.1 Å². The fourth-order valence-corrected chi connectivity index (χ4v) is 4.52. The van der Waals surface area contributed by atoms with Gasteiger partial charge in [0.15, 0.2) is 0 Å². The molecule has 0 unspecified atom stereocenters. The zero-order chi connectivity index (χ0) is 15.2. The third-order valence-electron chi connectivity index (χ3n) is 5.06. The summed E-state index contributed by atoms with van der Waals surface area (Å²) in [5.74, 6) is 2.91. The monoisotopic (exact) mass is 324 g/mol. The highest BCUT2D eigenvalue weighted by Gasteiger charge is 2.30. The lowest BCUT2D eigenvalue weighted by Gasteiger charge is -2.34. The van der Waals surface area contributed by atoms with E-state index in [1.807, 2.05) is 18.0 Å². The summed E-state index contributed by atoms with van der Waals surface area (Å²) < 4.78 is 5.60. The molecule has 2 fully saturated rings. The second-order valence-corrected chi connectivity index (χ2v) is 7.83. The molecular weight excluding hydrogens is 296 g/mol. The van der Waals surface area contributed by atoms with E-state index in [1.54, 1.807) is 0 Å². The summed E-state index contributed by atoms with van der Waals surface area (Å²) in [6, 6.07) is 0.565. The summed E-state index contributed by atoms with van der Waals surface area (Å²) >= 11 is 1.96. The highest BCUT2D eigenvalue weighted by atomic mass is 32.2. The van der Waals surface area contributed by atoms with Gasteiger partial charge in [-0.25, -0.2) is 0 Å². The molecule has 2 aliphatic heterocycles. The molecule has 1 aliphatic carbocycles. The number of hydrogen-bond donors (Lipinski definition) is 1. The van der Waals surface area contributed by atoms with E-state index in [4.69, 9.17) is 4.74 Å². The zero-order valence-electron chi connectivity index (χ0n) is 13.3. The van der Waals surface area contributed by atoms with Crippen molar-refractivity contribution in [3.8, 4) is 0 Å². The first-order valence-electron chi connectivity index (χ1n) is 8.73. The van der Waals surface area contributed by atoms with E-state index in [0.29, 0.717) is 18.1 Å². The van der Waals surface area contributed by atoms with Crippen molar-refractivity contribution < 1.29 is 9.53 Å². The average Bonchev–Trinajstić information content (AvgIpc) is 2.61. The third-order valence-corrected chi connectivity index (χ3v) is 6.00. The fourth-order valence-electron chi connectivity index (χ4n) is 3.62. The van der Waals surface area contributed by atoms with Gasteiger partial charge in [0.05, 0.1) is 6.26 Å². The van der Waals surface area contributed by atoms with Gasteiger partial charge in [0, 0.05) is 43.1 Å². The number of hydrogen-bond acceptors (Lipinski definition) is 4. The van der Waals surface area contributed by atoms with Crippen LogP contribution in [0.5, 0.6) is 0 Å². The SMILES string of the molecule is O=C(C1CCC(NC[C@@H]2CCC=CO2)CC1)N1CCSCC1. The second-order valence-electron chi connectivity index (χ2n) is 6.60. The minimum Gasteiger partial charge on any atom is -0.497 e. The molecule has 22 heavy (non-hydrogen) atoms. The maximum atomic E-state index is 12.5. The number of carbonyl (C=O) groups is 1. The van der Waals surface area contributed by atoms with Gasteiger partial charge in [0.2, 0.25) is 5.91 Å². The van der Waals surface area contributed by atoms with Gasteiger partial charge in [-0.1, -0.05) is 0 Å². The Hall–Kier alpha value is -0.680. The first-order chi connectivity index (χ1) is 10.8. The molecule has 124 valence electrons. The number of nitrogens with zero attached hydrogens (tertiary/aromatic N) is 1. The lowest BCUT2D eigenvalue weighted by atomic mass is 9.85. The highest BCUT2D eigenvalue weighted by molar-refractivity contribution is 7.99. The van der Waals surface area contributed by atoms with Crippen LogP contribution in [0.2, 0.25) is 0 Å². The van der Waals surface area contributed by atoms with Gasteiger partial charge in [-0.3, -0.25) is 4.79 Å². The van der Waals surface area contributed by atoms with Gasteiger partial charge in [-0.2, -0.15) is 11.8 Å². The number of carbonyl (C=O) groups excluding carboxylic acids is 1. The number of allylic oxidation sites excluding steroid dienone is 1. The van der Waals surface area contributed by atoms with Crippen molar-refractivity contribution in [1.29, 1.82) is 0 Å². The molecule has 0 spiro atoms. The summed E-state index contributed by atoms with van der Waals surface area (Å²) in [6.45, 7) is 2.85. The summed E-state index contributed by atoms with van der Waals surface area (Å²) in [4.78, 5) is 14.6. The minimum atomic E-state index is 0.273. The normalized spacial score (nSPS) is 32.5. The van der Waals surface area contributed by atoms with Gasteiger partial charge < -0.3 is 15.0 Å². The Labute approximate surface area is 138 Å². The van der Waals surface area contributed by atoms with Crippen molar-refractivity contribution in [3.05, 3.63) is 12.3 Å². The van der Waals surface area contributed by atoms with Crippen LogP contribution in [-0.4, -0.2) is 54.1 Å². The lowest BCUT2D eigenvalue weighted by molar-refractivity contribution is -0.136. The van der Waals surface area contributed by atoms with Crippen LogP contribution in [0.25, 0.3) is 0 Å². The van der Waals surface area contributed by atoms with Gasteiger partial charge in [-0.15, -0.1) is 0 Å². The molecular formula is C17H28N2O2S. The number of rotatable bonds is 4. The average molecular weight is 324 g/mol. The van der Waals surface area contributed by atoms with E-state index in [9.17, 15) is 4.79 Å². The van der Waals surface area contributed by atoms with Crippen molar-refractivity contribution in [2.24, 2.45) is 5.92 Å². The third kappa shape index (κ3) is 4.42. The summed E-state index contributed by atoms with van der Waals surface area (Å²) in [5, 5.41) is 3.64. The van der Waals surface area contributed by atoms with E-state index in [0.717, 1.165) is 69.7 Å². The molecule has 0 aromatic rings. The molecule has 1 atom stereocenters. The summed E-state index contributed by atoms with van der Waals surface area (Å²) in [5.41, 5.74) is 0. The second kappa shape index (κ2) is 8.25. The Balaban J connectivity index is 1.36.